The van der Waals surface area contributed by atoms with Gasteiger partial charge in [0.05, 0.1) is 12.8 Å². The monoisotopic (exact) mass is 489 g/mol. The van der Waals surface area contributed by atoms with Crippen LogP contribution >= 0.6 is 39.1 Å². The molecule has 0 fully saturated rings. The van der Waals surface area contributed by atoms with Gasteiger partial charge in [-0.25, -0.2) is 5.43 Å². The van der Waals surface area contributed by atoms with E-state index in [1.54, 1.807) is 35.3 Å². The van der Waals surface area contributed by atoms with Gasteiger partial charge in [0.25, 0.3) is 5.91 Å². The second-order valence-electron chi connectivity index (χ2n) is 6.27. The molecule has 1 amide bonds. The van der Waals surface area contributed by atoms with Crippen LogP contribution < -0.4 is 5.43 Å². The zero-order chi connectivity index (χ0) is 20.4. The number of carbonyl (C=O) groups is 1. The average Bonchev–Trinajstić information content (AvgIpc) is 3.31. The number of H-pyrrole nitrogens is 1. The molecule has 2 N–H and O–H groups in total. The number of hydrazone groups is 1. The van der Waals surface area contributed by atoms with Crippen molar-refractivity contribution in [3.63, 3.8) is 0 Å². The maximum atomic E-state index is 12.3. The predicted molar refractivity (Wildman–Crippen MR) is 119 cm³/mol. The fourth-order valence-electron chi connectivity index (χ4n) is 2.83. The highest BCUT2D eigenvalue weighted by Crippen LogP contribution is 2.22. The van der Waals surface area contributed by atoms with Crippen molar-refractivity contribution < 1.29 is 4.79 Å². The topological polar surface area (TPSA) is 75.1 Å². The van der Waals surface area contributed by atoms with Crippen molar-refractivity contribution in [1.29, 1.82) is 0 Å². The van der Waals surface area contributed by atoms with Crippen molar-refractivity contribution in [1.82, 2.24) is 20.2 Å². The van der Waals surface area contributed by atoms with Crippen molar-refractivity contribution in [3.05, 3.63) is 86.2 Å². The lowest BCUT2D eigenvalue weighted by Gasteiger charge is -2.05. The summed E-state index contributed by atoms with van der Waals surface area (Å²) in [5.41, 5.74) is 5.46. The molecule has 0 aliphatic carbocycles. The van der Waals surface area contributed by atoms with Gasteiger partial charge < -0.3 is 4.98 Å². The summed E-state index contributed by atoms with van der Waals surface area (Å²) in [5.74, 6) is -0.400. The van der Waals surface area contributed by atoms with E-state index in [1.165, 1.54) is 0 Å². The first-order valence-corrected chi connectivity index (χ1v) is 10.1. The number of nitrogens with zero attached hydrogens (tertiary/aromatic N) is 3. The summed E-state index contributed by atoms with van der Waals surface area (Å²) >= 11 is 15.6. The Balaban J connectivity index is 1.42. The zero-order valence-electron chi connectivity index (χ0n) is 14.9. The van der Waals surface area contributed by atoms with Crippen LogP contribution in [-0.2, 0) is 6.54 Å². The SMILES string of the molecule is O=C(N/N=C/c1c[nH]c2ccc(Br)cc12)c1ccn(Cc2ccc(Cl)cc2Cl)n1. The fraction of sp³-hybridized carbons (Fsp3) is 0.0500. The van der Waals surface area contributed by atoms with E-state index >= 15 is 0 Å². The van der Waals surface area contributed by atoms with E-state index in [1.807, 2.05) is 30.5 Å². The molecule has 0 saturated carbocycles. The van der Waals surface area contributed by atoms with Gasteiger partial charge >= 0.3 is 0 Å². The molecule has 0 aliphatic rings. The maximum Gasteiger partial charge on any atom is 0.291 e. The number of halogens is 3. The minimum atomic E-state index is -0.400. The molecule has 0 aliphatic heterocycles. The molecule has 2 aromatic heterocycles. The van der Waals surface area contributed by atoms with E-state index in [2.05, 4.69) is 36.5 Å². The first-order chi connectivity index (χ1) is 14.0. The lowest BCUT2D eigenvalue weighted by atomic mass is 10.2. The van der Waals surface area contributed by atoms with E-state index in [0.29, 0.717) is 16.6 Å². The summed E-state index contributed by atoms with van der Waals surface area (Å²) in [7, 11) is 0. The number of aromatic amines is 1. The van der Waals surface area contributed by atoms with Gasteiger partial charge in [-0.3, -0.25) is 9.48 Å². The van der Waals surface area contributed by atoms with Crippen LogP contribution in [0.4, 0.5) is 0 Å². The third-order valence-electron chi connectivity index (χ3n) is 4.27. The number of fused-ring (bicyclic) bond motifs is 1. The molecule has 0 unspecified atom stereocenters. The summed E-state index contributed by atoms with van der Waals surface area (Å²) in [6.07, 6.45) is 5.13. The lowest BCUT2D eigenvalue weighted by molar-refractivity contribution is 0.0949. The molecule has 2 heterocycles. The molecule has 146 valence electrons. The van der Waals surface area contributed by atoms with Crippen LogP contribution in [0.1, 0.15) is 21.6 Å². The number of rotatable bonds is 5. The molecule has 0 saturated heterocycles. The number of benzene rings is 2. The largest absolute Gasteiger partial charge is 0.361 e. The third-order valence-corrected chi connectivity index (χ3v) is 5.35. The summed E-state index contributed by atoms with van der Waals surface area (Å²) < 4.78 is 2.60. The molecule has 2 aromatic carbocycles. The Labute approximate surface area is 184 Å². The Bertz CT molecular complexity index is 1230. The highest BCUT2D eigenvalue weighted by molar-refractivity contribution is 9.10. The second-order valence-corrected chi connectivity index (χ2v) is 8.03. The van der Waals surface area contributed by atoms with Crippen molar-refractivity contribution in [2.45, 2.75) is 6.54 Å². The second kappa shape index (κ2) is 8.41. The molecule has 29 heavy (non-hydrogen) atoms. The van der Waals surface area contributed by atoms with Gasteiger partial charge in [-0.1, -0.05) is 45.2 Å². The highest BCUT2D eigenvalue weighted by atomic mass is 79.9. The molecule has 4 aromatic rings. The van der Waals surface area contributed by atoms with Crippen molar-refractivity contribution >= 4 is 62.2 Å². The number of aromatic nitrogens is 3. The molecule has 4 rings (SSSR count). The molecular formula is C20H14BrCl2N5O. The van der Waals surface area contributed by atoms with E-state index in [9.17, 15) is 4.79 Å². The lowest BCUT2D eigenvalue weighted by Crippen LogP contribution is -2.18. The van der Waals surface area contributed by atoms with E-state index in [0.717, 1.165) is 26.5 Å². The average molecular weight is 491 g/mol. The van der Waals surface area contributed by atoms with E-state index in [4.69, 9.17) is 23.2 Å². The number of nitrogens with one attached hydrogen (secondary N) is 2. The quantitative estimate of drug-likeness (QED) is 0.296. The normalized spacial score (nSPS) is 11.4. The van der Waals surface area contributed by atoms with Crippen LogP contribution in [0.15, 0.2) is 64.4 Å². The molecule has 0 spiro atoms. The maximum absolute atomic E-state index is 12.3. The van der Waals surface area contributed by atoms with Gasteiger partial charge in [-0.15, -0.1) is 0 Å². The number of hydrogen-bond acceptors (Lipinski definition) is 3. The Morgan fingerprint density at radius 3 is 2.93 bits per heavy atom. The van der Waals surface area contributed by atoms with Crippen LogP contribution in [0.3, 0.4) is 0 Å². The highest BCUT2D eigenvalue weighted by Gasteiger charge is 2.10. The van der Waals surface area contributed by atoms with Crippen molar-refractivity contribution in [2.75, 3.05) is 0 Å². The van der Waals surface area contributed by atoms with Gasteiger partial charge in [0.15, 0.2) is 5.69 Å². The predicted octanol–water partition coefficient (Wildman–Crippen LogP) is 5.25. The first kappa shape index (κ1) is 19.7. The van der Waals surface area contributed by atoms with Gasteiger partial charge in [0.2, 0.25) is 0 Å². The van der Waals surface area contributed by atoms with Crippen LogP contribution in [0.25, 0.3) is 10.9 Å². The smallest absolute Gasteiger partial charge is 0.291 e. The minimum absolute atomic E-state index is 0.258. The number of hydrogen-bond donors (Lipinski definition) is 2. The summed E-state index contributed by atoms with van der Waals surface area (Å²) in [6, 6.07) is 12.8. The van der Waals surface area contributed by atoms with Crippen molar-refractivity contribution in [3.8, 4) is 0 Å². The van der Waals surface area contributed by atoms with E-state index < -0.39 is 5.91 Å². The molecule has 9 heteroatoms. The zero-order valence-corrected chi connectivity index (χ0v) is 18.0. The molecule has 6 nitrogen and oxygen atoms in total. The molecule has 0 atom stereocenters. The van der Waals surface area contributed by atoms with Crippen LogP contribution in [0.2, 0.25) is 10.0 Å². The first-order valence-electron chi connectivity index (χ1n) is 8.57. The van der Waals surface area contributed by atoms with Crippen molar-refractivity contribution in [2.24, 2.45) is 5.10 Å². The van der Waals surface area contributed by atoms with Gasteiger partial charge in [0.1, 0.15) is 0 Å². The van der Waals surface area contributed by atoms with Gasteiger partial charge in [-0.05, 0) is 42.0 Å². The fourth-order valence-corrected chi connectivity index (χ4v) is 3.66. The number of carbonyl (C=O) groups excluding carboxylic acids is 1. The third kappa shape index (κ3) is 4.53. The van der Waals surface area contributed by atoms with Gasteiger partial charge in [-0.2, -0.15) is 10.2 Å². The van der Waals surface area contributed by atoms with E-state index in [-0.39, 0.29) is 5.69 Å². The van der Waals surface area contributed by atoms with Crippen LogP contribution in [0.5, 0.6) is 0 Å². The molecule has 0 bridgehead atoms. The molecule has 0 radical (unpaired) electrons. The summed E-state index contributed by atoms with van der Waals surface area (Å²) in [5, 5.41) is 10.4. The summed E-state index contributed by atoms with van der Waals surface area (Å²) in [6.45, 7) is 0.427. The van der Waals surface area contributed by atoms with Gasteiger partial charge in [0, 0.05) is 43.4 Å². The number of amides is 1. The minimum Gasteiger partial charge on any atom is -0.361 e. The summed E-state index contributed by atoms with van der Waals surface area (Å²) in [4.78, 5) is 15.5. The Morgan fingerprint density at radius 1 is 1.24 bits per heavy atom. The molecular weight excluding hydrogens is 477 g/mol. The standard InChI is InChI=1S/C20H14BrCl2N5O/c21-14-2-4-18-16(7-14)13(9-24-18)10-25-26-20(29)19-5-6-28(27-19)11-12-1-3-15(22)8-17(12)23/h1-10,24H,11H2,(H,26,29)/b25-10+. The Morgan fingerprint density at radius 2 is 2.10 bits per heavy atom. The Hall–Kier alpha value is -2.61. The van der Waals surface area contributed by atoms with Crippen LogP contribution in [0, 0.1) is 0 Å². The Kier molecular flexibility index (Phi) is 5.71. The van der Waals surface area contributed by atoms with Crippen LogP contribution in [-0.4, -0.2) is 26.9 Å².